The first-order valence-corrected chi connectivity index (χ1v) is 6.10. The number of nitrogens with one attached hydrogen (secondary N) is 1. The van der Waals surface area contributed by atoms with E-state index in [0.29, 0.717) is 18.9 Å². The molecule has 0 saturated carbocycles. The highest BCUT2D eigenvalue weighted by atomic mass is 16.3. The van der Waals surface area contributed by atoms with E-state index < -0.39 is 6.10 Å². The normalized spacial score (nSPS) is 14.7. The average Bonchev–Trinajstić information content (AvgIpc) is 2.23. The second-order valence-electron chi connectivity index (χ2n) is 4.08. The van der Waals surface area contributed by atoms with E-state index in [2.05, 4.69) is 19.2 Å². The number of hydrogen-bond donors (Lipinski definition) is 2. The van der Waals surface area contributed by atoms with Gasteiger partial charge in [0, 0.05) is 13.0 Å². The lowest BCUT2D eigenvalue weighted by Crippen LogP contribution is -2.36. The van der Waals surface area contributed by atoms with Gasteiger partial charge in [0.15, 0.2) is 0 Å². The molecule has 0 aliphatic carbocycles. The number of amides is 1. The molecule has 3 nitrogen and oxygen atoms in total. The van der Waals surface area contributed by atoms with Crippen LogP contribution in [0.15, 0.2) is 0 Å². The van der Waals surface area contributed by atoms with Crippen molar-refractivity contribution in [2.45, 2.75) is 59.0 Å². The van der Waals surface area contributed by atoms with Crippen molar-refractivity contribution >= 4 is 5.91 Å². The monoisotopic (exact) mass is 215 g/mol. The molecule has 2 N–H and O–H groups in total. The van der Waals surface area contributed by atoms with E-state index in [9.17, 15) is 9.90 Å². The molecule has 15 heavy (non-hydrogen) atoms. The maximum atomic E-state index is 11.2. The maximum Gasteiger partial charge on any atom is 0.220 e. The van der Waals surface area contributed by atoms with Gasteiger partial charge in [0.05, 0.1) is 6.10 Å². The molecule has 0 aromatic heterocycles. The van der Waals surface area contributed by atoms with Gasteiger partial charge in [0.1, 0.15) is 0 Å². The molecule has 0 bridgehead atoms. The summed E-state index contributed by atoms with van der Waals surface area (Å²) in [5, 5.41) is 12.6. The Morgan fingerprint density at radius 3 is 2.40 bits per heavy atom. The van der Waals surface area contributed by atoms with E-state index in [1.807, 2.05) is 6.92 Å². The molecule has 0 aliphatic heterocycles. The molecule has 2 unspecified atom stereocenters. The molecular weight excluding hydrogens is 190 g/mol. The summed E-state index contributed by atoms with van der Waals surface area (Å²) >= 11 is 0. The van der Waals surface area contributed by atoms with E-state index in [-0.39, 0.29) is 5.91 Å². The first-order valence-electron chi connectivity index (χ1n) is 6.10. The Hall–Kier alpha value is -0.570. The van der Waals surface area contributed by atoms with Gasteiger partial charge >= 0.3 is 0 Å². The fourth-order valence-corrected chi connectivity index (χ4v) is 1.74. The summed E-state index contributed by atoms with van der Waals surface area (Å²) in [4.78, 5) is 11.2. The van der Waals surface area contributed by atoms with E-state index in [1.54, 1.807) is 0 Å². The Balaban J connectivity index is 3.79. The van der Waals surface area contributed by atoms with Crippen molar-refractivity contribution < 1.29 is 9.90 Å². The van der Waals surface area contributed by atoms with Gasteiger partial charge in [-0.15, -0.1) is 0 Å². The van der Waals surface area contributed by atoms with Crippen LogP contribution in [-0.2, 0) is 4.79 Å². The van der Waals surface area contributed by atoms with Crippen molar-refractivity contribution in [2.24, 2.45) is 5.92 Å². The number of carbonyl (C=O) groups is 1. The quantitative estimate of drug-likeness (QED) is 0.651. The molecule has 0 aromatic rings. The molecule has 0 spiro atoms. The minimum absolute atomic E-state index is 0.0444. The van der Waals surface area contributed by atoms with Crippen LogP contribution in [0.3, 0.4) is 0 Å². The lowest BCUT2D eigenvalue weighted by molar-refractivity contribution is -0.121. The molecule has 0 aliphatic rings. The first-order chi connectivity index (χ1) is 7.15. The van der Waals surface area contributed by atoms with Gasteiger partial charge in [-0.2, -0.15) is 0 Å². The van der Waals surface area contributed by atoms with Crippen LogP contribution in [0.25, 0.3) is 0 Å². The van der Waals surface area contributed by atoms with Crippen LogP contribution < -0.4 is 5.32 Å². The molecule has 0 radical (unpaired) electrons. The largest absolute Gasteiger partial charge is 0.391 e. The van der Waals surface area contributed by atoms with Gasteiger partial charge in [-0.1, -0.05) is 33.6 Å². The molecule has 3 heteroatoms. The highest BCUT2D eigenvalue weighted by Gasteiger charge is 2.16. The number of aliphatic hydroxyl groups excluding tert-OH is 1. The zero-order valence-corrected chi connectivity index (χ0v) is 10.3. The predicted molar refractivity (Wildman–Crippen MR) is 62.6 cm³/mol. The summed E-state index contributed by atoms with van der Waals surface area (Å²) in [5.41, 5.74) is 0. The lowest BCUT2D eigenvalue weighted by Gasteiger charge is -2.21. The fourth-order valence-electron chi connectivity index (χ4n) is 1.74. The topological polar surface area (TPSA) is 49.3 Å². The molecule has 2 atom stereocenters. The van der Waals surface area contributed by atoms with E-state index >= 15 is 0 Å². The van der Waals surface area contributed by atoms with Crippen LogP contribution in [0, 0.1) is 5.92 Å². The number of hydrogen-bond acceptors (Lipinski definition) is 2. The van der Waals surface area contributed by atoms with Crippen molar-refractivity contribution in [1.29, 1.82) is 0 Å². The zero-order chi connectivity index (χ0) is 11.7. The Morgan fingerprint density at radius 2 is 1.93 bits per heavy atom. The molecule has 90 valence electrons. The Bertz CT molecular complexity index is 171. The minimum atomic E-state index is -0.393. The first kappa shape index (κ1) is 14.4. The number of rotatable bonds is 8. The second-order valence-corrected chi connectivity index (χ2v) is 4.08. The highest BCUT2D eigenvalue weighted by Crippen LogP contribution is 2.14. The van der Waals surface area contributed by atoms with Gasteiger partial charge in [-0.3, -0.25) is 4.79 Å². The van der Waals surface area contributed by atoms with Crippen molar-refractivity contribution in [1.82, 2.24) is 5.32 Å². The van der Waals surface area contributed by atoms with Crippen LogP contribution in [0.4, 0.5) is 0 Å². The van der Waals surface area contributed by atoms with Crippen LogP contribution in [-0.4, -0.2) is 23.7 Å². The van der Waals surface area contributed by atoms with Gasteiger partial charge in [-0.05, 0) is 18.8 Å². The van der Waals surface area contributed by atoms with Crippen LogP contribution in [0.5, 0.6) is 0 Å². The smallest absolute Gasteiger partial charge is 0.220 e. The predicted octanol–water partition coefficient (Wildman–Crippen LogP) is 2.09. The molecule has 0 fully saturated rings. The summed E-state index contributed by atoms with van der Waals surface area (Å²) in [6.45, 7) is 6.57. The molecule has 0 aromatic carbocycles. The van der Waals surface area contributed by atoms with Crippen LogP contribution >= 0.6 is 0 Å². The summed E-state index contributed by atoms with van der Waals surface area (Å²) < 4.78 is 0. The highest BCUT2D eigenvalue weighted by molar-refractivity contribution is 5.75. The molecule has 0 rings (SSSR count). The van der Waals surface area contributed by atoms with E-state index in [0.717, 1.165) is 25.7 Å². The van der Waals surface area contributed by atoms with Crippen LogP contribution in [0.1, 0.15) is 52.9 Å². The maximum absolute atomic E-state index is 11.2. The van der Waals surface area contributed by atoms with Crippen molar-refractivity contribution in [3.63, 3.8) is 0 Å². The summed E-state index contributed by atoms with van der Waals surface area (Å²) in [7, 11) is 0. The third-order valence-corrected chi connectivity index (χ3v) is 2.71. The van der Waals surface area contributed by atoms with Gasteiger partial charge in [-0.25, -0.2) is 0 Å². The van der Waals surface area contributed by atoms with Crippen LogP contribution in [0.2, 0.25) is 0 Å². The number of aliphatic hydroxyl groups is 1. The Labute approximate surface area is 93.3 Å². The third-order valence-electron chi connectivity index (χ3n) is 2.71. The molecule has 0 saturated heterocycles. The third kappa shape index (κ3) is 6.50. The minimum Gasteiger partial charge on any atom is -0.391 e. The standard InChI is InChI=1S/C12H25NO2/c1-4-7-10(6-3)11(14)9-13-12(15)8-5-2/h10-11,14H,4-9H2,1-3H3,(H,13,15). The summed E-state index contributed by atoms with van der Waals surface area (Å²) in [6, 6.07) is 0. The Morgan fingerprint density at radius 1 is 1.27 bits per heavy atom. The Kier molecular flexibility index (Phi) is 8.38. The fraction of sp³-hybridized carbons (Fsp3) is 0.917. The zero-order valence-electron chi connectivity index (χ0n) is 10.3. The van der Waals surface area contributed by atoms with Gasteiger partial charge < -0.3 is 10.4 Å². The molecule has 1 amide bonds. The molecular formula is C12H25NO2. The van der Waals surface area contributed by atoms with E-state index in [1.165, 1.54) is 0 Å². The van der Waals surface area contributed by atoms with E-state index in [4.69, 9.17) is 0 Å². The SMILES string of the molecule is CCCC(=O)NCC(O)C(CC)CCC. The summed E-state index contributed by atoms with van der Waals surface area (Å²) in [6.07, 6.45) is 4.10. The number of carbonyl (C=O) groups excluding carboxylic acids is 1. The average molecular weight is 215 g/mol. The van der Waals surface area contributed by atoms with Crippen molar-refractivity contribution in [3.05, 3.63) is 0 Å². The molecule has 0 heterocycles. The summed E-state index contributed by atoms with van der Waals surface area (Å²) in [5.74, 6) is 0.361. The van der Waals surface area contributed by atoms with Gasteiger partial charge in [0.25, 0.3) is 0 Å². The second kappa shape index (κ2) is 8.72. The lowest BCUT2D eigenvalue weighted by atomic mass is 9.94. The van der Waals surface area contributed by atoms with Crippen molar-refractivity contribution in [2.75, 3.05) is 6.54 Å². The van der Waals surface area contributed by atoms with Gasteiger partial charge in [0.2, 0.25) is 5.91 Å². The van der Waals surface area contributed by atoms with Crippen molar-refractivity contribution in [3.8, 4) is 0 Å².